The number of nitrogens with one attached hydrogen (secondary N) is 1. The van der Waals surface area contributed by atoms with Gasteiger partial charge in [-0.05, 0) is 30.5 Å². The van der Waals surface area contributed by atoms with Gasteiger partial charge < -0.3 is 5.43 Å². The highest BCUT2D eigenvalue weighted by Crippen LogP contribution is 2.21. The van der Waals surface area contributed by atoms with Crippen LogP contribution in [0.1, 0.15) is 31.2 Å². The van der Waals surface area contributed by atoms with Crippen LogP contribution in [0.3, 0.4) is 0 Å². The van der Waals surface area contributed by atoms with Crippen molar-refractivity contribution in [2.45, 2.75) is 38.1 Å². The van der Waals surface area contributed by atoms with Crippen LogP contribution >= 0.6 is 15.9 Å². The summed E-state index contributed by atoms with van der Waals surface area (Å²) in [5.74, 6) is 6.43. The van der Waals surface area contributed by atoms with Crippen LogP contribution in [0.25, 0.3) is 0 Å². The lowest BCUT2D eigenvalue weighted by molar-refractivity contribution is 0.697. The molecule has 92 valence electrons. The molecule has 0 aliphatic heterocycles. The third-order valence-electron chi connectivity index (χ3n) is 3.11. The van der Waals surface area contributed by atoms with Gasteiger partial charge in [0.1, 0.15) is 5.84 Å². The first-order valence-electron chi connectivity index (χ1n) is 6.05. The summed E-state index contributed by atoms with van der Waals surface area (Å²) in [5.41, 5.74) is 3.96. The molecule has 2 rings (SSSR count). The number of aliphatic imine (C=N–C) groups is 1. The van der Waals surface area contributed by atoms with Crippen LogP contribution in [0.15, 0.2) is 33.7 Å². The molecule has 17 heavy (non-hydrogen) atoms. The molecular formula is C13H18BrN3. The summed E-state index contributed by atoms with van der Waals surface area (Å²) in [4.78, 5) is 4.68. The number of halogens is 1. The summed E-state index contributed by atoms with van der Waals surface area (Å²) in [6.07, 6.45) is 5.77. The van der Waals surface area contributed by atoms with E-state index in [0.717, 1.165) is 16.7 Å². The number of amidine groups is 1. The minimum Gasteiger partial charge on any atom is -0.312 e. The fourth-order valence-corrected chi connectivity index (χ4v) is 2.45. The SMILES string of the molecule is NNC(Cc1ccc(Br)cc1)=NC1CCCC1. The third-order valence-corrected chi connectivity index (χ3v) is 3.64. The predicted octanol–water partition coefficient (Wildman–Crippen LogP) is 2.80. The zero-order valence-electron chi connectivity index (χ0n) is 9.82. The Morgan fingerprint density at radius 2 is 1.94 bits per heavy atom. The van der Waals surface area contributed by atoms with Crippen molar-refractivity contribution in [3.05, 3.63) is 34.3 Å². The summed E-state index contributed by atoms with van der Waals surface area (Å²) < 4.78 is 1.09. The van der Waals surface area contributed by atoms with Gasteiger partial charge in [0.2, 0.25) is 0 Å². The van der Waals surface area contributed by atoms with Crippen molar-refractivity contribution in [2.75, 3.05) is 0 Å². The van der Waals surface area contributed by atoms with E-state index in [1.807, 2.05) is 12.1 Å². The molecule has 4 heteroatoms. The normalized spacial score (nSPS) is 17.4. The van der Waals surface area contributed by atoms with Gasteiger partial charge in [-0.2, -0.15) is 0 Å². The van der Waals surface area contributed by atoms with Crippen LogP contribution in [-0.4, -0.2) is 11.9 Å². The van der Waals surface area contributed by atoms with Crippen molar-refractivity contribution in [2.24, 2.45) is 10.8 Å². The first-order chi connectivity index (χ1) is 8.28. The van der Waals surface area contributed by atoms with E-state index in [4.69, 9.17) is 5.84 Å². The van der Waals surface area contributed by atoms with Crippen LogP contribution in [0.2, 0.25) is 0 Å². The van der Waals surface area contributed by atoms with Crippen molar-refractivity contribution in [3.63, 3.8) is 0 Å². The van der Waals surface area contributed by atoms with E-state index >= 15 is 0 Å². The van der Waals surface area contributed by atoms with Crippen molar-refractivity contribution in [3.8, 4) is 0 Å². The van der Waals surface area contributed by atoms with Gasteiger partial charge in [-0.15, -0.1) is 0 Å². The van der Waals surface area contributed by atoms with E-state index in [1.165, 1.54) is 31.2 Å². The molecule has 0 amide bonds. The van der Waals surface area contributed by atoms with Crippen LogP contribution in [0, 0.1) is 0 Å². The minimum absolute atomic E-state index is 0.469. The molecule has 1 fully saturated rings. The molecule has 1 aromatic carbocycles. The van der Waals surface area contributed by atoms with Gasteiger partial charge >= 0.3 is 0 Å². The van der Waals surface area contributed by atoms with E-state index in [0.29, 0.717) is 6.04 Å². The Balaban J connectivity index is 2.01. The number of hydrazine groups is 1. The highest BCUT2D eigenvalue weighted by Gasteiger charge is 2.14. The smallest absolute Gasteiger partial charge is 0.115 e. The van der Waals surface area contributed by atoms with Gasteiger partial charge in [0.05, 0.1) is 6.04 Å². The quantitative estimate of drug-likeness (QED) is 0.390. The lowest BCUT2D eigenvalue weighted by Crippen LogP contribution is -2.33. The highest BCUT2D eigenvalue weighted by molar-refractivity contribution is 9.10. The number of benzene rings is 1. The molecule has 1 saturated carbocycles. The van der Waals surface area contributed by atoms with E-state index in [-0.39, 0.29) is 0 Å². The predicted molar refractivity (Wildman–Crippen MR) is 74.9 cm³/mol. The molecule has 3 nitrogen and oxygen atoms in total. The first kappa shape index (κ1) is 12.6. The van der Waals surface area contributed by atoms with Crippen molar-refractivity contribution in [1.29, 1.82) is 0 Å². The number of hydrogen-bond donors (Lipinski definition) is 2. The molecule has 0 unspecified atom stereocenters. The zero-order chi connectivity index (χ0) is 12.1. The molecule has 1 aliphatic carbocycles. The maximum Gasteiger partial charge on any atom is 0.115 e. The molecule has 0 heterocycles. The number of hydrogen-bond acceptors (Lipinski definition) is 2. The summed E-state index contributed by atoms with van der Waals surface area (Å²) in [5, 5.41) is 0. The largest absolute Gasteiger partial charge is 0.312 e. The Kier molecular flexibility index (Phi) is 4.57. The fourth-order valence-electron chi connectivity index (χ4n) is 2.18. The topological polar surface area (TPSA) is 50.4 Å². The monoisotopic (exact) mass is 295 g/mol. The van der Waals surface area contributed by atoms with Gasteiger partial charge in [0.25, 0.3) is 0 Å². The summed E-state index contributed by atoms with van der Waals surface area (Å²) >= 11 is 3.43. The van der Waals surface area contributed by atoms with Gasteiger partial charge in [0.15, 0.2) is 0 Å². The second-order valence-electron chi connectivity index (χ2n) is 4.46. The van der Waals surface area contributed by atoms with E-state index < -0.39 is 0 Å². The molecular weight excluding hydrogens is 278 g/mol. The van der Waals surface area contributed by atoms with E-state index in [9.17, 15) is 0 Å². The third kappa shape index (κ3) is 3.82. The Bertz CT molecular complexity index is 380. The van der Waals surface area contributed by atoms with Crippen molar-refractivity contribution in [1.82, 2.24) is 5.43 Å². The molecule has 0 spiro atoms. The molecule has 3 N–H and O–H groups in total. The minimum atomic E-state index is 0.469. The van der Waals surface area contributed by atoms with Crippen molar-refractivity contribution >= 4 is 21.8 Å². The van der Waals surface area contributed by atoms with Gasteiger partial charge in [0, 0.05) is 10.9 Å². The maximum atomic E-state index is 5.54. The molecule has 1 aliphatic rings. The molecule has 0 atom stereocenters. The average molecular weight is 296 g/mol. The second-order valence-corrected chi connectivity index (χ2v) is 5.38. The Morgan fingerprint density at radius 3 is 2.53 bits per heavy atom. The summed E-state index contributed by atoms with van der Waals surface area (Å²) in [6, 6.07) is 8.73. The summed E-state index contributed by atoms with van der Waals surface area (Å²) in [7, 11) is 0. The number of nitrogens with two attached hydrogens (primary N) is 1. The molecule has 0 bridgehead atoms. The number of nitrogens with zero attached hydrogens (tertiary/aromatic N) is 1. The van der Waals surface area contributed by atoms with E-state index in [2.05, 4.69) is 38.5 Å². The second kappa shape index (κ2) is 6.17. The molecule has 0 radical (unpaired) electrons. The number of rotatable bonds is 3. The Hall–Kier alpha value is -0.870. The van der Waals surface area contributed by atoms with Crippen molar-refractivity contribution < 1.29 is 0 Å². The van der Waals surface area contributed by atoms with Gasteiger partial charge in [-0.1, -0.05) is 40.9 Å². The lowest BCUT2D eigenvalue weighted by Gasteiger charge is -2.09. The Morgan fingerprint density at radius 1 is 1.29 bits per heavy atom. The van der Waals surface area contributed by atoms with Crippen LogP contribution in [0.4, 0.5) is 0 Å². The van der Waals surface area contributed by atoms with E-state index in [1.54, 1.807) is 0 Å². The standard InChI is InChI=1S/C13H18BrN3/c14-11-7-5-10(6-8-11)9-13(17-15)16-12-3-1-2-4-12/h5-8,12H,1-4,9,15H2,(H,16,17). The lowest BCUT2D eigenvalue weighted by atomic mass is 10.1. The summed E-state index contributed by atoms with van der Waals surface area (Å²) in [6.45, 7) is 0. The average Bonchev–Trinajstić information content (AvgIpc) is 2.84. The Labute approximate surface area is 111 Å². The zero-order valence-corrected chi connectivity index (χ0v) is 11.4. The maximum absolute atomic E-state index is 5.54. The van der Waals surface area contributed by atoms with Crippen LogP contribution in [0.5, 0.6) is 0 Å². The van der Waals surface area contributed by atoms with Gasteiger partial charge in [-0.3, -0.25) is 4.99 Å². The van der Waals surface area contributed by atoms with Gasteiger partial charge in [-0.25, -0.2) is 5.84 Å². The fraction of sp³-hybridized carbons (Fsp3) is 0.462. The first-order valence-corrected chi connectivity index (χ1v) is 6.85. The molecule has 0 aromatic heterocycles. The molecule has 0 saturated heterocycles. The van der Waals surface area contributed by atoms with Crippen LogP contribution in [-0.2, 0) is 6.42 Å². The van der Waals surface area contributed by atoms with Crippen LogP contribution < -0.4 is 11.3 Å². The molecule has 1 aromatic rings. The highest BCUT2D eigenvalue weighted by atomic mass is 79.9.